The predicted molar refractivity (Wildman–Crippen MR) is 73.8 cm³/mol. The molecule has 0 saturated heterocycles. The summed E-state index contributed by atoms with van der Waals surface area (Å²) in [4.78, 5) is 2.67. The van der Waals surface area contributed by atoms with Crippen molar-refractivity contribution < 1.29 is 4.39 Å². The summed E-state index contributed by atoms with van der Waals surface area (Å²) in [5.41, 5.74) is 6.38. The molecule has 0 bridgehead atoms. The van der Waals surface area contributed by atoms with Gasteiger partial charge in [-0.05, 0) is 24.2 Å². The molecule has 5 heteroatoms. The Labute approximate surface area is 112 Å². The maximum absolute atomic E-state index is 12.9. The third-order valence-corrected chi connectivity index (χ3v) is 3.09. The van der Waals surface area contributed by atoms with Gasteiger partial charge in [-0.1, -0.05) is 36.8 Å². The smallest absolute Gasteiger partial charge is 0.124 e. The van der Waals surface area contributed by atoms with Crippen LogP contribution in [-0.4, -0.2) is 23.0 Å². The molecule has 94 valence electrons. The minimum Gasteiger partial charge on any atom is -0.393 e. The fraction of sp³-hybridized carbons (Fsp3) is 0.417. The molecular formula is C12H16ClFN2S. The minimum absolute atomic E-state index is 0.315. The number of thiocarbonyl (C=S) groups is 1. The first-order chi connectivity index (χ1) is 8.02. The Morgan fingerprint density at radius 2 is 2.24 bits per heavy atom. The number of benzene rings is 1. The Bertz CT molecular complexity index is 398. The molecule has 0 heterocycles. The van der Waals surface area contributed by atoms with Crippen LogP contribution in [0, 0.1) is 5.82 Å². The maximum Gasteiger partial charge on any atom is 0.124 e. The van der Waals surface area contributed by atoms with E-state index in [1.165, 1.54) is 12.1 Å². The van der Waals surface area contributed by atoms with Gasteiger partial charge in [0, 0.05) is 24.5 Å². The summed E-state index contributed by atoms with van der Waals surface area (Å²) in [5, 5.41) is 0.457. The van der Waals surface area contributed by atoms with E-state index in [0.29, 0.717) is 23.0 Å². The van der Waals surface area contributed by atoms with Crippen LogP contribution in [-0.2, 0) is 6.54 Å². The van der Waals surface area contributed by atoms with Crippen molar-refractivity contribution in [2.45, 2.75) is 19.9 Å². The van der Waals surface area contributed by atoms with E-state index in [1.54, 1.807) is 6.07 Å². The molecule has 0 aliphatic heterocycles. The van der Waals surface area contributed by atoms with E-state index < -0.39 is 0 Å². The molecule has 1 aromatic carbocycles. The Kier molecular flexibility index (Phi) is 5.82. The van der Waals surface area contributed by atoms with Gasteiger partial charge in [-0.3, -0.25) is 4.90 Å². The van der Waals surface area contributed by atoms with Crippen LogP contribution in [0.4, 0.5) is 4.39 Å². The molecule has 1 rings (SSSR count). The summed E-state index contributed by atoms with van der Waals surface area (Å²) in [6, 6.07) is 4.46. The zero-order valence-corrected chi connectivity index (χ0v) is 11.3. The van der Waals surface area contributed by atoms with Gasteiger partial charge >= 0.3 is 0 Å². The first-order valence-corrected chi connectivity index (χ1v) is 6.26. The first-order valence-electron chi connectivity index (χ1n) is 5.47. The number of hydrogen-bond acceptors (Lipinski definition) is 2. The van der Waals surface area contributed by atoms with Crippen LogP contribution in [0.2, 0.25) is 5.02 Å². The molecule has 2 N–H and O–H groups in total. The zero-order valence-electron chi connectivity index (χ0n) is 9.75. The van der Waals surface area contributed by atoms with Crippen LogP contribution < -0.4 is 5.73 Å². The summed E-state index contributed by atoms with van der Waals surface area (Å²) in [5.74, 6) is -0.315. The van der Waals surface area contributed by atoms with Gasteiger partial charge < -0.3 is 5.73 Å². The van der Waals surface area contributed by atoms with Gasteiger partial charge in [-0.15, -0.1) is 0 Å². The number of nitrogens with two attached hydrogens (primary N) is 1. The average Bonchev–Trinajstić information content (AvgIpc) is 2.26. The van der Waals surface area contributed by atoms with Crippen LogP contribution >= 0.6 is 23.8 Å². The Morgan fingerprint density at radius 1 is 1.53 bits per heavy atom. The number of nitrogens with zero attached hydrogens (tertiary/aromatic N) is 1. The van der Waals surface area contributed by atoms with Gasteiger partial charge in [-0.25, -0.2) is 4.39 Å². The number of hydrogen-bond donors (Lipinski definition) is 1. The molecule has 0 aromatic heterocycles. The lowest BCUT2D eigenvalue weighted by Crippen LogP contribution is -2.27. The van der Waals surface area contributed by atoms with E-state index >= 15 is 0 Å². The third-order valence-electron chi connectivity index (χ3n) is 2.53. The van der Waals surface area contributed by atoms with Gasteiger partial charge in [0.2, 0.25) is 0 Å². The van der Waals surface area contributed by atoms with Crippen LogP contribution in [0.15, 0.2) is 18.2 Å². The summed E-state index contributed by atoms with van der Waals surface area (Å²) >= 11 is 10.8. The van der Waals surface area contributed by atoms with E-state index in [0.717, 1.165) is 18.7 Å². The van der Waals surface area contributed by atoms with Crippen molar-refractivity contribution in [3.63, 3.8) is 0 Å². The Hall–Kier alpha value is -0.710. The molecule has 0 aliphatic rings. The van der Waals surface area contributed by atoms with Crippen molar-refractivity contribution >= 4 is 28.8 Å². The van der Waals surface area contributed by atoms with E-state index in [-0.39, 0.29) is 5.82 Å². The summed E-state index contributed by atoms with van der Waals surface area (Å²) in [6.45, 7) is 4.39. The Morgan fingerprint density at radius 3 is 2.76 bits per heavy atom. The predicted octanol–water partition coefficient (Wildman–Crippen LogP) is 2.98. The largest absolute Gasteiger partial charge is 0.393 e. The highest BCUT2D eigenvalue weighted by molar-refractivity contribution is 7.80. The van der Waals surface area contributed by atoms with Crippen LogP contribution in [0.25, 0.3) is 0 Å². The third kappa shape index (κ3) is 4.98. The normalized spacial score (nSPS) is 10.8. The summed E-state index contributed by atoms with van der Waals surface area (Å²) < 4.78 is 12.9. The quantitative estimate of drug-likeness (QED) is 0.809. The lowest BCUT2D eigenvalue weighted by molar-refractivity contribution is 0.288. The van der Waals surface area contributed by atoms with Crippen LogP contribution in [0.5, 0.6) is 0 Å². The molecule has 2 nitrogen and oxygen atoms in total. The first kappa shape index (κ1) is 14.4. The fourth-order valence-corrected chi connectivity index (χ4v) is 1.83. The van der Waals surface area contributed by atoms with Crippen LogP contribution in [0.1, 0.15) is 18.9 Å². The van der Waals surface area contributed by atoms with Crippen molar-refractivity contribution in [2.24, 2.45) is 5.73 Å². The van der Waals surface area contributed by atoms with E-state index in [4.69, 9.17) is 29.6 Å². The lowest BCUT2D eigenvalue weighted by atomic mass is 10.2. The fourth-order valence-electron chi connectivity index (χ4n) is 1.51. The highest BCUT2D eigenvalue weighted by atomic mass is 35.5. The van der Waals surface area contributed by atoms with Gasteiger partial charge in [0.15, 0.2) is 0 Å². The zero-order chi connectivity index (χ0) is 12.8. The summed E-state index contributed by atoms with van der Waals surface area (Å²) in [7, 11) is 0. The molecule has 0 radical (unpaired) electrons. The van der Waals surface area contributed by atoms with E-state index in [1.807, 2.05) is 0 Å². The minimum atomic E-state index is -0.315. The number of halogens is 2. The van der Waals surface area contributed by atoms with E-state index in [9.17, 15) is 4.39 Å². The molecule has 1 aromatic rings. The second-order valence-corrected chi connectivity index (χ2v) is 4.75. The molecule has 0 aliphatic carbocycles. The van der Waals surface area contributed by atoms with Crippen molar-refractivity contribution in [2.75, 3.05) is 13.1 Å². The molecule has 0 unspecified atom stereocenters. The monoisotopic (exact) mass is 274 g/mol. The average molecular weight is 275 g/mol. The van der Waals surface area contributed by atoms with Crippen molar-refractivity contribution in [3.8, 4) is 0 Å². The van der Waals surface area contributed by atoms with Crippen LogP contribution in [0.3, 0.4) is 0 Å². The van der Waals surface area contributed by atoms with E-state index in [2.05, 4.69) is 11.8 Å². The second kappa shape index (κ2) is 6.89. The standard InChI is InChI=1S/C12H16ClFN2S/c1-2-16(6-5-12(15)17)8-9-3-4-10(14)7-11(9)13/h3-4,7H,2,5-6,8H2,1H3,(H2,15,17). The lowest BCUT2D eigenvalue weighted by Gasteiger charge is -2.20. The molecule has 0 atom stereocenters. The molecule has 0 fully saturated rings. The van der Waals surface area contributed by atoms with Crippen molar-refractivity contribution in [3.05, 3.63) is 34.6 Å². The summed E-state index contributed by atoms with van der Waals surface area (Å²) in [6.07, 6.45) is 0.683. The molecule has 0 saturated carbocycles. The second-order valence-electron chi connectivity index (χ2n) is 3.82. The molecule has 0 amide bonds. The van der Waals surface area contributed by atoms with Gasteiger partial charge in [-0.2, -0.15) is 0 Å². The van der Waals surface area contributed by atoms with Gasteiger partial charge in [0.1, 0.15) is 5.82 Å². The highest BCUT2D eigenvalue weighted by Gasteiger charge is 2.08. The number of rotatable bonds is 6. The highest BCUT2D eigenvalue weighted by Crippen LogP contribution is 2.19. The molecule has 17 heavy (non-hydrogen) atoms. The molecule has 0 spiro atoms. The topological polar surface area (TPSA) is 29.3 Å². The van der Waals surface area contributed by atoms with Gasteiger partial charge in [0.05, 0.1) is 4.99 Å². The van der Waals surface area contributed by atoms with Crippen molar-refractivity contribution in [1.82, 2.24) is 4.90 Å². The Balaban J connectivity index is 2.63. The molecular weight excluding hydrogens is 259 g/mol. The van der Waals surface area contributed by atoms with Crippen molar-refractivity contribution in [1.29, 1.82) is 0 Å². The maximum atomic E-state index is 12.9. The SMILES string of the molecule is CCN(CCC(N)=S)Cc1ccc(F)cc1Cl. The van der Waals surface area contributed by atoms with Gasteiger partial charge in [0.25, 0.3) is 0 Å².